The van der Waals surface area contributed by atoms with Crippen molar-refractivity contribution in [1.29, 1.82) is 0 Å². The molecule has 2 aromatic rings. The maximum absolute atomic E-state index is 4.30. The van der Waals surface area contributed by atoms with Crippen molar-refractivity contribution in [3.05, 3.63) is 40.6 Å². The molecule has 0 aliphatic carbocycles. The molecule has 1 heterocycles. The molecule has 1 aromatic heterocycles. The first-order valence-corrected chi connectivity index (χ1v) is 5.42. The van der Waals surface area contributed by atoms with Gasteiger partial charge in [0.2, 0.25) is 0 Å². The summed E-state index contributed by atoms with van der Waals surface area (Å²) in [6, 6.07) is 8.03. The lowest BCUT2D eigenvalue weighted by Gasteiger charge is -2.03. The van der Waals surface area contributed by atoms with Crippen LogP contribution in [-0.2, 0) is 0 Å². The number of imidazole rings is 1. The molecule has 0 spiro atoms. The third-order valence-electron chi connectivity index (χ3n) is 1.89. The van der Waals surface area contributed by atoms with Gasteiger partial charge in [0.1, 0.15) is 0 Å². The summed E-state index contributed by atoms with van der Waals surface area (Å²) >= 11 is 7.73. The van der Waals surface area contributed by atoms with E-state index in [1.165, 1.54) is 0 Å². The normalized spacial score (nSPS) is 10.5. The predicted molar refractivity (Wildman–Crippen MR) is 63.3 cm³/mol. The molecule has 4 heteroatoms. The first-order valence-electron chi connectivity index (χ1n) is 4.18. The number of hydrogen-bond donors (Lipinski definition) is 1. The van der Waals surface area contributed by atoms with Gasteiger partial charge in [0.05, 0.1) is 5.69 Å². The number of aryl methyl sites for hydroxylation is 1. The summed E-state index contributed by atoms with van der Waals surface area (Å²) in [7, 11) is 0. The van der Waals surface area contributed by atoms with Crippen LogP contribution in [0.4, 0.5) is 0 Å². The minimum atomic E-state index is 0.709. The van der Waals surface area contributed by atoms with Gasteiger partial charge >= 0.3 is 0 Å². The van der Waals surface area contributed by atoms with Crippen LogP contribution < -0.4 is 0 Å². The van der Waals surface area contributed by atoms with E-state index in [1.807, 2.05) is 42.0 Å². The minimum Gasteiger partial charge on any atom is -0.295 e. The van der Waals surface area contributed by atoms with Crippen molar-refractivity contribution in [2.24, 2.45) is 0 Å². The molecule has 2 rings (SSSR count). The minimum absolute atomic E-state index is 0.709. The summed E-state index contributed by atoms with van der Waals surface area (Å²) in [4.78, 5) is 4.23. The second-order valence-electron chi connectivity index (χ2n) is 3.03. The van der Waals surface area contributed by atoms with Gasteiger partial charge in [-0.25, -0.2) is 4.98 Å². The van der Waals surface area contributed by atoms with Crippen molar-refractivity contribution in [3.8, 4) is 5.69 Å². The Morgan fingerprint density at radius 3 is 2.79 bits per heavy atom. The first kappa shape index (κ1) is 9.80. The highest BCUT2D eigenvalue weighted by atomic mass is 79.9. The molecule has 0 unspecified atom stereocenters. The largest absolute Gasteiger partial charge is 0.295 e. The Hall–Kier alpha value is -0.740. The molecule has 1 aromatic carbocycles. The fourth-order valence-electron chi connectivity index (χ4n) is 1.30. The molecule has 2 nitrogen and oxygen atoms in total. The number of halogens is 1. The molecule has 14 heavy (non-hydrogen) atoms. The molecule has 0 N–H and O–H groups in total. The van der Waals surface area contributed by atoms with Crippen LogP contribution in [-0.4, -0.2) is 9.55 Å². The summed E-state index contributed by atoms with van der Waals surface area (Å²) < 4.78 is 3.00. The zero-order chi connectivity index (χ0) is 10.1. The van der Waals surface area contributed by atoms with E-state index in [9.17, 15) is 0 Å². The van der Waals surface area contributed by atoms with Gasteiger partial charge in [-0.05, 0) is 25.1 Å². The predicted octanol–water partition coefficient (Wildman–Crippen LogP) is 3.23. The van der Waals surface area contributed by atoms with Crippen LogP contribution in [0.3, 0.4) is 0 Å². The van der Waals surface area contributed by atoms with E-state index in [0.717, 1.165) is 15.9 Å². The van der Waals surface area contributed by atoms with Crippen molar-refractivity contribution >= 4 is 28.6 Å². The van der Waals surface area contributed by atoms with E-state index in [1.54, 1.807) is 0 Å². The maximum Gasteiger partial charge on any atom is 0.169 e. The lowest BCUT2D eigenvalue weighted by atomic mass is 10.3. The van der Waals surface area contributed by atoms with Crippen LogP contribution in [0, 0.1) is 6.92 Å². The number of nitrogens with zero attached hydrogens (tertiary/aromatic N) is 2. The van der Waals surface area contributed by atoms with E-state index in [4.69, 9.17) is 0 Å². The van der Waals surface area contributed by atoms with Crippen molar-refractivity contribution in [2.45, 2.75) is 12.1 Å². The SMILES string of the molecule is Cc1cn(-c2cccc(Br)c2)c(S)n1. The summed E-state index contributed by atoms with van der Waals surface area (Å²) in [5.41, 5.74) is 2.03. The Balaban J connectivity index is 2.54. The van der Waals surface area contributed by atoms with Gasteiger partial charge in [-0.1, -0.05) is 22.0 Å². The van der Waals surface area contributed by atoms with Crippen LogP contribution in [0.2, 0.25) is 0 Å². The van der Waals surface area contributed by atoms with E-state index < -0.39 is 0 Å². The third-order valence-corrected chi connectivity index (χ3v) is 2.70. The Morgan fingerprint density at radius 1 is 1.43 bits per heavy atom. The highest BCUT2D eigenvalue weighted by molar-refractivity contribution is 9.10. The molecule has 0 atom stereocenters. The standard InChI is InChI=1S/C10H9BrN2S/c1-7-6-13(10(14)12-7)9-4-2-3-8(11)5-9/h2-6H,1H3,(H,12,14). The fourth-order valence-corrected chi connectivity index (χ4v) is 2.02. The van der Waals surface area contributed by atoms with E-state index in [0.29, 0.717) is 5.16 Å². The molecular weight excluding hydrogens is 260 g/mol. The molecule has 0 aliphatic heterocycles. The summed E-state index contributed by atoms with van der Waals surface area (Å²) in [6.45, 7) is 1.95. The molecule has 0 saturated carbocycles. The summed E-state index contributed by atoms with van der Waals surface area (Å²) in [5, 5.41) is 0.709. The van der Waals surface area contributed by atoms with Gasteiger partial charge < -0.3 is 0 Å². The quantitative estimate of drug-likeness (QED) is 0.787. The number of thiol groups is 1. The maximum atomic E-state index is 4.30. The molecule has 0 saturated heterocycles. The van der Waals surface area contributed by atoms with Crippen LogP contribution >= 0.6 is 28.6 Å². The monoisotopic (exact) mass is 268 g/mol. The molecule has 0 fully saturated rings. The van der Waals surface area contributed by atoms with Crippen LogP contribution in [0.25, 0.3) is 5.69 Å². The van der Waals surface area contributed by atoms with Crippen molar-refractivity contribution in [3.63, 3.8) is 0 Å². The lowest BCUT2D eigenvalue weighted by molar-refractivity contribution is 0.899. The van der Waals surface area contributed by atoms with Gasteiger partial charge in [-0.2, -0.15) is 0 Å². The lowest BCUT2D eigenvalue weighted by Crippen LogP contribution is -1.92. The fraction of sp³-hybridized carbons (Fsp3) is 0.100. The average Bonchev–Trinajstić information content (AvgIpc) is 2.45. The van der Waals surface area contributed by atoms with Gasteiger partial charge in [0.15, 0.2) is 5.16 Å². The Labute approximate surface area is 96.5 Å². The summed E-state index contributed by atoms with van der Waals surface area (Å²) in [5.74, 6) is 0. The van der Waals surface area contributed by atoms with Gasteiger partial charge in [-0.3, -0.25) is 4.57 Å². The second kappa shape index (κ2) is 3.79. The van der Waals surface area contributed by atoms with E-state index in [-0.39, 0.29) is 0 Å². The Morgan fingerprint density at radius 2 is 2.21 bits per heavy atom. The van der Waals surface area contributed by atoms with Crippen molar-refractivity contribution in [2.75, 3.05) is 0 Å². The molecule has 72 valence electrons. The highest BCUT2D eigenvalue weighted by Gasteiger charge is 2.03. The van der Waals surface area contributed by atoms with E-state index in [2.05, 4.69) is 33.5 Å². The van der Waals surface area contributed by atoms with Crippen molar-refractivity contribution < 1.29 is 0 Å². The average molecular weight is 269 g/mol. The third kappa shape index (κ3) is 1.86. The topological polar surface area (TPSA) is 17.8 Å². The van der Waals surface area contributed by atoms with Gasteiger partial charge in [-0.15, -0.1) is 12.6 Å². The van der Waals surface area contributed by atoms with Gasteiger partial charge in [0.25, 0.3) is 0 Å². The van der Waals surface area contributed by atoms with Crippen LogP contribution in [0.1, 0.15) is 5.69 Å². The molecular formula is C10H9BrN2S. The number of rotatable bonds is 1. The summed E-state index contributed by atoms with van der Waals surface area (Å²) in [6.07, 6.45) is 1.96. The second-order valence-corrected chi connectivity index (χ2v) is 4.35. The van der Waals surface area contributed by atoms with Gasteiger partial charge in [0, 0.05) is 16.4 Å². The number of aromatic nitrogens is 2. The zero-order valence-corrected chi connectivity index (χ0v) is 10.1. The van der Waals surface area contributed by atoms with E-state index >= 15 is 0 Å². The smallest absolute Gasteiger partial charge is 0.169 e. The Bertz CT molecular complexity index is 465. The zero-order valence-electron chi connectivity index (χ0n) is 7.61. The first-order chi connectivity index (χ1) is 6.66. The molecule has 0 aliphatic rings. The van der Waals surface area contributed by atoms with Crippen molar-refractivity contribution in [1.82, 2.24) is 9.55 Å². The Kier molecular flexibility index (Phi) is 2.65. The van der Waals surface area contributed by atoms with Crippen LogP contribution in [0.5, 0.6) is 0 Å². The molecule has 0 amide bonds. The number of benzene rings is 1. The van der Waals surface area contributed by atoms with Crippen LogP contribution in [0.15, 0.2) is 40.1 Å². The molecule has 0 bridgehead atoms. The highest BCUT2D eigenvalue weighted by Crippen LogP contribution is 2.19. The number of hydrogen-bond acceptors (Lipinski definition) is 2. The molecule has 0 radical (unpaired) electrons.